The van der Waals surface area contributed by atoms with E-state index in [1.54, 1.807) is 24.1 Å². The fourth-order valence-corrected chi connectivity index (χ4v) is 1.82. The second-order valence-electron chi connectivity index (χ2n) is 4.85. The standard InChI is InChI=1S/C15H22N6/c1-4-12(2)20-15(16-3)18-11-13-6-8-17-14(10-13)21-9-5-7-19-21/h5-10,12H,4,11H2,1-3H3,(H2,16,18,20). The lowest BCUT2D eigenvalue weighted by molar-refractivity contribution is 0.624. The molecule has 0 aliphatic heterocycles. The number of nitrogens with zero attached hydrogens (tertiary/aromatic N) is 4. The van der Waals surface area contributed by atoms with Crippen LogP contribution in [0.5, 0.6) is 0 Å². The Morgan fingerprint density at radius 3 is 2.95 bits per heavy atom. The zero-order chi connectivity index (χ0) is 15.1. The fraction of sp³-hybridized carbons (Fsp3) is 0.400. The van der Waals surface area contributed by atoms with Crippen molar-refractivity contribution in [3.63, 3.8) is 0 Å². The van der Waals surface area contributed by atoms with Gasteiger partial charge >= 0.3 is 0 Å². The van der Waals surface area contributed by atoms with Gasteiger partial charge in [-0.1, -0.05) is 6.92 Å². The van der Waals surface area contributed by atoms with Crippen LogP contribution in [0.4, 0.5) is 0 Å². The minimum atomic E-state index is 0.397. The number of nitrogens with one attached hydrogen (secondary N) is 2. The van der Waals surface area contributed by atoms with Gasteiger partial charge in [0.1, 0.15) is 0 Å². The number of pyridine rings is 1. The van der Waals surface area contributed by atoms with Crippen LogP contribution in [0, 0.1) is 0 Å². The molecule has 0 aromatic carbocycles. The first kappa shape index (κ1) is 15.0. The Hall–Kier alpha value is -2.37. The lowest BCUT2D eigenvalue weighted by Crippen LogP contribution is -2.41. The Morgan fingerprint density at radius 1 is 1.43 bits per heavy atom. The number of aromatic nitrogens is 3. The van der Waals surface area contributed by atoms with Crippen LogP contribution >= 0.6 is 0 Å². The Bertz CT molecular complexity index is 576. The maximum absolute atomic E-state index is 4.32. The molecule has 0 bridgehead atoms. The number of aliphatic imine (C=N–C) groups is 1. The number of rotatable bonds is 5. The van der Waals surface area contributed by atoms with Crippen LogP contribution in [-0.2, 0) is 6.54 Å². The van der Waals surface area contributed by atoms with Crippen molar-refractivity contribution in [2.75, 3.05) is 7.05 Å². The molecule has 0 saturated carbocycles. The average Bonchev–Trinajstić information content (AvgIpc) is 3.05. The van der Waals surface area contributed by atoms with Crippen molar-refractivity contribution in [2.24, 2.45) is 4.99 Å². The SMILES string of the molecule is CCC(C)NC(=NC)NCc1ccnc(-n2cccn2)c1. The van der Waals surface area contributed by atoms with E-state index in [4.69, 9.17) is 0 Å². The van der Waals surface area contributed by atoms with E-state index >= 15 is 0 Å². The van der Waals surface area contributed by atoms with Crippen molar-refractivity contribution in [1.82, 2.24) is 25.4 Å². The van der Waals surface area contributed by atoms with Crippen molar-refractivity contribution in [2.45, 2.75) is 32.9 Å². The van der Waals surface area contributed by atoms with Crippen LogP contribution in [0.15, 0.2) is 41.8 Å². The largest absolute Gasteiger partial charge is 0.354 e. The quantitative estimate of drug-likeness (QED) is 0.649. The topological polar surface area (TPSA) is 67.1 Å². The third kappa shape index (κ3) is 4.30. The molecule has 0 amide bonds. The van der Waals surface area contributed by atoms with Crippen molar-refractivity contribution >= 4 is 5.96 Å². The third-order valence-electron chi connectivity index (χ3n) is 3.23. The smallest absolute Gasteiger partial charge is 0.191 e. The van der Waals surface area contributed by atoms with Gasteiger partial charge in [0.05, 0.1) is 0 Å². The maximum Gasteiger partial charge on any atom is 0.191 e. The summed E-state index contributed by atoms with van der Waals surface area (Å²) in [5.41, 5.74) is 1.13. The summed E-state index contributed by atoms with van der Waals surface area (Å²) in [5.74, 6) is 1.62. The highest BCUT2D eigenvalue weighted by molar-refractivity contribution is 5.79. The van der Waals surface area contributed by atoms with E-state index < -0.39 is 0 Å². The molecule has 0 radical (unpaired) electrons. The lowest BCUT2D eigenvalue weighted by Gasteiger charge is -2.16. The summed E-state index contributed by atoms with van der Waals surface area (Å²) in [6.07, 6.45) is 6.46. The van der Waals surface area contributed by atoms with Crippen LogP contribution < -0.4 is 10.6 Å². The molecule has 6 heteroatoms. The molecule has 6 nitrogen and oxygen atoms in total. The molecule has 0 aliphatic rings. The van der Waals surface area contributed by atoms with Gasteiger partial charge in [-0.2, -0.15) is 5.10 Å². The molecule has 21 heavy (non-hydrogen) atoms. The summed E-state index contributed by atoms with van der Waals surface area (Å²) in [6, 6.07) is 6.27. The molecule has 0 aliphatic carbocycles. The van der Waals surface area contributed by atoms with E-state index in [-0.39, 0.29) is 0 Å². The minimum Gasteiger partial charge on any atom is -0.354 e. The van der Waals surface area contributed by atoms with Gasteiger partial charge < -0.3 is 10.6 Å². The number of guanidine groups is 1. The third-order valence-corrected chi connectivity index (χ3v) is 3.23. The van der Waals surface area contributed by atoms with Gasteiger partial charge in [0, 0.05) is 38.2 Å². The second-order valence-corrected chi connectivity index (χ2v) is 4.85. The predicted octanol–water partition coefficient (Wildman–Crippen LogP) is 1.73. The van der Waals surface area contributed by atoms with Crippen LogP contribution in [0.3, 0.4) is 0 Å². The maximum atomic E-state index is 4.32. The lowest BCUT2D eigenvalue weighted by atomic mass is 10.2. The fourth-order valence-electron chi connectivity index (χ4n) is 1.82. The summed E-state index contributed by atoms with van der Waals surface area (Å²) in [7, 11) is 1.78. The molecule has 0 saturated heterocycles. The first-order chi connectivity index (χ1) is 10.2. The molecule has 2 aromatic rings. The van der Waals surface area contributed by atoms with E-state index in [0.717, 1.165) is 23.8 Å². The van der Waals surface area contributed by atoms with Gasteiger partial charge in [-0.3, -0.25) is 4.99 Å². The van der Waals surface area contributed by atoms with Gasteiger partial charge in [0.2, 0.25) is 0 Å². The molecule has 2 N–H and O–H groups in total. The van der Waals surface area contributed by atoms with Crippen LogP contribution in [0.25, 0.3) is 5.82 Å². The van der Waals surface area contributed by atoms with Gasteiger partial charge in [0.15, 0.2) is 11.8 Å². The van der Waals surface area contributed by atoms with E-state index in [0.29, 0.717) is 12.6 Å². The first-order valence-corrected chi connectivity index (χ1v) is 7.15. The average molecular weight is 286 g/mol. The van der Waals surface area contributed by atoms with Gasteiger partial charge in [-0.05, 0) is 37.1 Å². The Kier molecular flexibility index (Phi) is 5.31. The molecule has 2 aromatic heterocycles. The van der Waals surface area contributed by atoms with Crippen molar-refractivity contribution in [1.29, 1.82) is 0 Å². The molecule has 2 heterocycles. The molecular formula is C15H22N6. The summed E-state index contributed by atoms with van der Waals surface area (Å²) in [6.45, 7) is 4.96. The van der Waals surface area contributed by atoms with Gasteiger partial charge in [-0.25, -0.2) is 9.67 Å². The molecule has 1 atom stereocenters. The van der Waals surface area contributed by atoms with Gasteiger partial charge in [-0.15, -0.1) is 0 Å². The molecule has 2 rings (SSSR count). The van der Waals surface area contributed by atoms with Crippen molar-refractivity contribution in [3.05, 3.63) is 42.4 Å². The Labute approximate surface area is 125 Å². The predicted molar refractivity (Wildman–Crippen MR) is 84.4 cm³/mol. The normalized spacial score (nSPS) is 13.0. The van der Waals surface area contributed by atoms with E-state index in [9.17, 15) is 0 Å². The Morgan fingerprint density at radius 2 is 2.29 bits per heavy atom. The molecule has 1 unspecified atom stereocenters. The Balaban J connectivity index is 1.98. The zero-order valence-corrected chi connectivity index (χ0v) is 12.7. The molecule has 0 spiro atoms. The van der Waals surface area contributed by atoms with E-state index in [2.05, 4.69) is 39.6 Å². The highest BCUT2D eigenvalue weighted by atomic mass is 15.3. The van der Waals surface area contributed by atoms with Crippen molar-refractivity contribution in [3.8, 4) is 5.82 Å². The van der Waals surface area contributed by atoms with E-state index in [1.165, 1.54) is 0 Å². The summed E-state index contributed by atoms with van der Waals surface area (Å²) >= 11 is 0. The highest BCUT2D eigenvalue weighted by Gasteiger charge is 2.04. The van der Waals surface area contributed by atoms with Crippen LogP contribution in [0.2, 0.25) is 0 Å². The zero-order valence-electron chi connectivity index (χ0n) is 12.7. The summed E-state index contributed by atoms with van der Waals surface area (Å²) < 4.78 is 1.75. The minimum absolute atomic E-state index is 0.397. The van der Waals surface area contributed by atoms with Gasteiger partial charge in [0.25, 0.3) is 0 Å². The number of hydrogen-bond acceptors (Lipinski definition) is 3. The van der Waals surface area contributed by atoms with Crippen LogP contribution in [-0.4, -0.2) is 33.8 Å². The van der Waals surface area contributed by atoms with Crippen LogP contribution in [0.1, 0.15) is 25.8 Å². The first-order valence-electron chi connectivity index (χ1n) is 7.15. The van der Waals surface area contributed by atoms with E-state index in [1.807, 2.05) is 24.4 Å². The molecular weight excluding hydrogens is 264 g/mol. The van der Waals surface area contributed by atoms with Crippen molar-refractivity contribution < 1.29 is 0 Å². The monoisotopic (exact) mass is 286 g/mol. The summed E-state index contributed by atoms with van der Waals surface area (Å²) in [5, 5.41) is 10.8. The highest BCUT2D eigenvalue weighted by Crippen LogP contribution is 2.05. The molecule has 0 fully saturated rings. The molecule has 112 valence electrons. The second kappa shape index (κ2) is 7.42. The summed E-state index contributed by atoms with van der Waals surface area (Å²) in [4.78, 5) is 8.54. The number of hydrogen-bond donors (Lipinski definition) is 2.